The number of ether oxygens (including phenoxy) is 2. The first-order valence-corrected chi connectivity index (χ1v) is 30.3. The lowest BCUT2D eigenvalue weighted by Gasteiger charge is -2.65. The van der Waals surface area contributed by atoms with E-state index in [0.717, 1.165) is 86.2 Å². The first kappa shape index (κ1) is 53.4. The minimum Gasteiger partial charge on any atom is -0.467 e. The number of anilines is 1. The number of hydrogen-bond donors (Lipinski definition) is 3. The number of aromatic nitrogens is 1. The largest absolute Gasteiger partial charge is 0.467 e. The van der Waals surface area contributed by atoms with Crippen LogP contribution in [0.4, 0.5) is 27.6 Å². The number of nitrogens with zero attached hydrogens (tertiary/aromatic N) is 3. The normalized spacial score (nSPS) is 33.4. The molecule has 1 spiro atoms. The van der Waals surface area contributed by atoms with Crippen LogP contribution in [0.25, 0.3) is 10.9 Å². The van der Waals surface area contributed by atoms with Gasteiger partial charge in [0.05, 0.1) is 24.9 Å². The molecule has 2 bridgehead atoms. The number of aromatic amines is 1. The van der Waals surface area contributed by atoms with Crippen LogP contribution >= 0.6 is 0 Å². The number of hydrogen-bond acceptors (Lipinski definition) is 10. The molecule has 0 amide bonds. The number of unbranched alkanes of at least 4 members (excludes halogenated alkanes) is 1. The van der Waals surface area contributed by atoms with Crippen molar-refractivity contribution >= 4 is 36.8 Å². The molecule has 410 valence electrons. The van der Waals surface area contributed by atoms with Crippen LogP contribution in [0.1, 0.15) is 119 Å². The summed E-state index contributed by atoms with van der Waals surface area (Å²) in [5.74, 6) is -14.5. The number of likely N-dealkylation sites (N-methyl/N-ethyl adjacent to an activating group) is 1. The van der Waals surface area contributed by atoms with E-state index in [1.165, 1.54) is 29.3 Å². The summed E-state index contributed by atoms with van der Waals surface area (Å²) in [5, 5.41) is 27.5. The van der Waals surface area contributed by atoms with Gasteiger partial charge in [0, 0.05) is 84.2 Å². The van der Waals surface area contributed by atoms with Gasteiger partial charge < -0.3 is 34.0 Å². The molecule has 17 heteroatoms. The number of halogens is 5. The van der Waals surface area contributed by atoms with Crippen molar-refractivity contribution in [2.45, 2.75) is 163 Å². The standard InChI is InChI=1S/C59H73F5N4O7Si/c1-7-56(71)32-36-31-55(4,50-38(20-24-67(33-36)34-56)37-17-10-11-18-41(37)65-50)39-30-40-42(29-35(39)3)66(5)52-58(40)22-25-68-23-16-21-57(8-2,51(58)68)53(59(52,72)54(70)73-6)75-76(26-13-9-14-27-76)28-15-12-19-43(69)74-49-47(63)45(61)44(60)46(62)48(49)64/h10-11,16-18,21,29-30,36,51-53,65,71-72H,7-9,12-15,19-20,22-28,31-34H2,1-6H3/t36?,51-,52+,53+,55+,56-,57+,58+,59-/m0/s1. The molecular formula is C59H73F5N4O7Si. The molecule has 1 aliphatic carbocycles. The fourth-order valence-corrected chi connectivity index (χ4v) is 21.5. The Morgan fingerprint density at radius 3 is 2.33 bits per heavy atom. The van der Waals surface area contributed by atoms with E-state index in [1.807, 2.05) is 7.05 Å². The molecule has 1 aromatic heterocycles. The van der Waals surface area contributed by atoms with Gasteiger partial charge in [0.25, 0.3) is 0 Å². The Bertz CT molecular complexity index is 2980. The molecule has 10 atom stereocenters. The third-order valence-corrected chi connectivity index (χ3v) is 24.5. The number of aryl methyl sites for hydroxylation is 1. The smallest absolute Gasteiger partial charge is 0.342 e. The van der Waals surface area contributed by atoms with Crippen molar-refractivity contribution in [2.75, 3.05) is 51.8 Å². The number of para-hydroxylation sites is 1. The number of fused-ring (bicyclic) bond motifs is 6. The van der Waals surface area contributed by atoms with E-state index in [0.29, 0.717) is 51.2 Å². The molecule has 6 aliphatic heterocycles. The number of aliphatic hydroxyl groups is 2. The highest BCUT2D eigenvalue weighted by Crippen LogP contribution is 2.68. The number of piperidine rings is 1. The quantitative estimate of drug-likeness (QED) is 0.0184. The number of carbonyl (C=O) groups is 2. The summed E-state index contributed by atoms with van der Waals surface area (Å²) in [7, 11) is 0.407. The van der Waals surface area contributed by atoms with Crippen molar-refractivity contribution in [3.63, 3.8) is 0 Å². The van der Waals surface area contributed by atoms with Crippen LogP contribution in [-0.2, 0) is 36.0 Å². The van der Waals surface area contributed by atoms with Crippen molar-refractivity contribution < 1.29 is 55.7 Å². The third kappa shape index (κ3) is 7.91. The first-order chi connectivity index (χ1) is 36.2. The summed E-state index contributed by atoms with van der Waals surface area (Å²) < 4.78 is 88.9. The van der Waals surface area contributed by atoms with E-state index in [4.69, 9.17) is 13.9 Å². The lowest BCUT2D eigenvalue weighted by Crippen LogP contribution is -2.82. The highest BCUT2D eigenvalue weighted by molar-refractivity contribution is 6.74. The first-order valence-electron chi connectivity index (χ1n) is 27.8. The Labute approximate surface area is 443 Å². The summed E-state index contributed by atoms with van der Waals surface area (Å²) in [4.78, 5) is 39.3. The Kier molecular flexibility index (Phi) is 13.6. The summed E-state index contributed by atoms with van der Waals surface area (Å²) in [6.45, 7) is 12.6. The Balaban J connectivity index is 0.990. The SMILES string of the molecule is CC[C@]1(O)CC2CN(CCc3c([nH]c4ccccc34)[C@@](C)(c3cc4c(cc3C)N(C)[C@H]3[C@@](O)(C(=O)OC)[C@H](O[Si]5(CCCCC(=O)Oc6c(F)c(F)c(F)c(F)c6F)CCCCC5)[C@]5(CC)C=CCN6CC[C@]43[C@@H]65)C2)C1. The zero-order chi connectivity index (χ0) is 53.9. The lowest BCUT2D eigenvalue weighted by molar-refractivity contribution is -0.214. The average molecular weight is 1070 g/mol. The van der Waals surface area contributed by atoms with Gasteiger partial charge in [-0.05, 0) is 124 Å². The Morgan fingerprint density at radius 2 is 1.62 bits per heavy atom. The van der Waals surface area contributed by atoms with Gasteiger partial charge in [-0.15, -0.1) is 0 Å². The van der Waals surface area contributed by atoms with E-state index in [9.17, 15) is 37.0 Å². The fourth-order valence-electron chi connectivity index (χ4n) is 16.8. The van der Waals surface area contributed by atoms with Crippen LogP contribution in [0.15, 0.2) is 48.6 Å². The molecule has 76 heavy (non-hydrogen) atoms. The van der Waals surface area contributed by atoms with Gasteiger partial charge in [-0.1, -0.05) is 75.9 Å². The minimum atomic E-state index is -2.93. The number of methoxy groups -OCH3 is 1. The monoisotopic (exact) mass is 1070 g/mol. The molecule has 11 rings (SSSR count). The molecule has 11 nitrogen and oxygen atoms in total. The second kappa shape index (κ2) is 19.3. The van der Waals surface area contributed by atoms with Crippen LogP contribution in [0.5, 0.6) is 5.75 Å². The van der Waals surface area contributed by atoms with Gasteiger partial charge in [0.2, 0.25) is 40.4 Å². The number of rotatable bonds is 12. The second-order valence-corrected chi connectivity index (χ2v) is 28.2. The van der Waals surface area contributed by atoms with Crippen LogP contribution in [0.3, 0.4) is 0 Å². The molecule has 2 unspecified atom stereocenters. The lowest BCUT2D eigenvalue weighted by atomic mass is 9.47. The molecule has 0 radical (unpaired) electrons. The zero-order valence-electron chi connectivity index (χ0n) is 44.7. The number of H-pyrrole nitrogens is 1. The molecule has 7 aliphatic rings. The van der Waals surface area contributed by atoms with Crippen LogP contribution < -0.4 is 9.64 Å². The maximum Gasteiger partial charge on any atom is 0.342 e. The maximum atomic E-state index is 15.2. The highest BCUT2D eigenvalue weighted by atomic mass is 28.4. The van der Waals surface area contributed by atoms with E-state index < -0.39 is 94.7 Å². The Hall–Kier alpha value is -4.65. The summed E-state index contributed by atoms with van der Waals surface area (Å²) >= 11 is 0. The van der Waals surface area contributed by atoms with Gasteiger partial charge in [-0.3, -0.25) is 14.6 Å². The van der Waals surface area contributed by atoms with Crippen molar-refractivity contribution in [3.05, 3.63) is 106 Å². The molecule has 1 saturated carbocycles. The molecule has 3 saturated heterocycles. The highest BCUT2D eigenvalue weighted by Gasteiger charge is 2.80. The third-order valence-electron chi connectivity index (χ3n) is 19.9. The molecule has 3 aromatic carbocycles. The minimum absolute atomic E-state index is 0.177. The second-order valence-electron chi connectivity index (χ2n) is 24.1. The summed E-state index contributed by atoms with van der Waals surface area (Å²) in [6.07, 6.45) is 10.6. The Morgan fingerprint density at radius 1 is 0.895 bits per heavy atom. The number of esters is 2. The zero-order valence-corrected chi connectivity index (χ0v) is 45.7. The maximum absolute atomic E-state index is 15.2. The van der Waals surface area contributed by atoms with Crippen molar-refractivity contribution in [3.8, 4) is 5.75 Å². The number of nitrogens with one attached hydrogen (secondary N) is 1. The van der Waals surface area contributed by atoms with E-state index in [2.05, 4.69) is 95.9 Å². The molecule has 4 aromatic rings. The number of benzene rings is 3. The van der Waals surface area contributed by atoms with Gasteiger partial charge >= 0.3 is 11.9 Å². The number of carbonyl (C=O) groups excluding carboxylic acids is 2. The van der Waals surface area contributed by atoms with Gasteiger partial charge in [-0.25, -0.2) is 18.0 Å². The topological polar surface area (TPSA) is 128 Å². The van der Waals surface area contributed by atoms with Crippen molar-refractivity contribution in [1.82, 2.24) is 14.8 Å². The molecular weight excluding hydrogens is 1000 g/mol. The predicted octanol–water partition coefficient (Wildman–Crippen LogP) is 10.2. The average Bonchev–Trinajstić information content (AvgIpc) is 4.22. The van der Waals surface area contributed by atoms with Crippen LogP contribution in [-0.4, -0.2) is 122 Å². The van der Waals surface area contributed by atoms with Gasteiger partial charge in [-0.2, -0.15) is 8.78 Å². The van der Waals surface area contributed by atoms with E-state index in [-0.39, 0.29) is 24.8 Å². The van der Waals surface area contributed by atoms with E-state index >= 15 is 4.79 Å². The van der Waals surface area contributed by atoms with Gasteiger partial charge in [0.1, 0.15) is 0 Å². The van der Waals surface area contributed by atoms with Crippen molar-refractivity contribution in [1.29, 1.82) is 0 Å². The van der Waals surface area contributed by atoms with E-state index in [1.54, 1.807) is 0 Å². The van der Waals surface area contributed by atoms with Crippen molar-refractivity contribution in [2.24, 2.45) is 11.3 Å². The van der Waals surface area contributed by atoms with Crippen LogP contribution in [0, 0.1) is 47.3 Å². The summed E-state index contributed by atoms with van der Waals surface area (Å²) in [6, 6.07) is 14.3. The van der Waals surface area contributed by atoms with Crippen LogP contribution in [0.2, 0.25) is 18.1 Å². The fraction of sp³-hybridized carbons (Fsp3) is 0.593. The van der Waals surface area contributed by atoms with Gasteiger partial charge in [0.15, 0.2) is 8.32 Å². The molecule has 4 fully saturated rings. The molecule has 3 N–H and O–H groups in total. The predicted molar refractivity (Wildman–Crippen MR) is 281 cm³/mol. The summed E-state index contributed by atoms with van der Waals surface area (Å²) in [5.41, 5.74) is 2.83. The molecule has 7 heterocycles.